The standard InChI is InChI=1S/C26H30ClN3O7S2/c1-18(22-7-8-23(27)38-22)17-39(34,35)28-20-9-10-30(25(20)32)21(26(33)29-11-13-36-14-12-29)15-24(31)37-16-19-5-3-2-4-6-19/h2-8,17,20-21,28H,9-16H2,1H3/b18-17+/t20-,21-/m0/s1. The lowest BCUT2D eigenvalue weighted by atomic mass is 10.1. The Labute approximate surface area is 236 Å². The van der Waals surface area contributed by atoms with Crippen LogP contribution in [0.1, 0.15) is 30.2 Å². The van der Waals surface area contributed by atoms with E-state index in [9.17, 15) is 22.8 Å². The number of ether oxygens (including phenoxy) is 2. The summed E-state index contributed by atoms with van der Waals surface area (Å²) in [4.78, 5) is 43.1. The molecule has 2 aliphatic heterocycles. The minimum atomic E-state index is -3.99. The van der Waals surface area contributed by atoms with E-state index in [1.54, 1.807) is 24.0 Å². The van der Waals surface area contributed by atoms with Crippen LogP contribution in [-0.2, 0) is 40.5 Å². The number of carbonyl (C=O) groups is 3. The van der Waals surface area contributed by atoms with Crippen molar-refractivity contribution in [1.82, 2.24) is 14.5 Å². The smallest absolute Gasteiger partial charge is 0.308 e. The van der Waals surface area contributed by atoms with Gasteiger partial charge < -0.3 is 19.3 Å². The summed E-state index contributed by atoms with van der Waals surface area (Å²) in [5.74, 6) is -1.58. The fourth-order valence-corrected chi connectivity index (χ4v) is 6.82. The molecule has 1 N–H and O–H groups in total. The molecule has 2 aromatic rings. The third-order valence-corrected chi connectivity index (χ3v) is 9.07. The number of carbonyl (C=O) groups excluding carboxylic acids is 3. The number of amides is 2. The molecule has 4 rings (SSSR count). The van der Waals surface area contributed by atoms with Crippen LogP contribution < -0.4 is 4.72 Å². The number of allylic oxidation sites excluding steroid dienone is 1. The van der Waals surface area contributed by atoms with E-state index in [0.29, 0.717) is 41.1 Å². The summed E-state index contributed by atoms with van der Waals surface area (Å²) in [5, 5.41) is 1.06. The van der Waals surface area contributed by atoms with Gasteiger partial charge in [0.1, 0.15) is 18.7 Å². The molecule has 0 saturated carbocycles. The Hall–Kier alpha value is -2.77. The molecule has 2 aliphatic rings. The van der Waals surface area contributed by atoms with Gasteiger partial charge in [-0.15, -0.1) is 11.3 Å². The molecule has 2 fully saturated rings. The van der Waals surface area contributed by atoms with Crippen molar-refractivity contribution >= 4 is 56.3 Å². The van der Waals surface area contributed by atoms with Gasteiger partial charge in [-0.05, 0) is 36.6 Å². The summed E-state index contributed by atoms with van der Waals surface area (Å²) in [5.41, 5.74) is 1.27. The highest BCUT2D eigenvalue weighted by Crippen LogP contribution is 2.28. The number of likely N-dealkylation sites (tertiary alicyclic amines) is 1. The van der Waals surface area contributed by atoms with Gasteiger partial charge in [-0.3, -0.25) is 14.4 Å². The van der Waals surface area contributed by atoms with Crippen LogP contribution in [-0.4, -0.2) is 80.9 Å². The summed E-state index contributed by atoms with van der Waals surface area (Å²) in [6.07, 6.45) is -0.186. The van der Waals surface area contributed by atoms with Crippen LogP contribution in [0, 0.1) is 0 Å². The van der Waals surface area contributed by atoms with E-state index in [4.69, 9.17) is 21.1 Å². The quantitative estimate of drug-likeness (QED) is 0.419. The number of nitrogens with one attached hydrogen (secondary N) is 1. The second kappa shape index (κ2) is 13.1. The zero-order valence-corrected chi connectivity index (χ0v) is 23.8. The number of esters is 1. The van der Waals surface area contributed by atoms with Gasteiger partial charge in [-0.25, -0.2) is 8.42 Å². The third-order valence-electron chi connectivity index (χ3n) is 6.43. The number of benzene rings is 1. The Bertz CT molecular complexity index is 1320. The number of hydrogen-bond acceptors (Lipinski definition) is 8. The van der Waals surface area contributed by atoms with Gasteiger partial charge in [0.05, 0.1) is 29.4 Å². The normalized spacial score (nSPS) is 19.3. The van der Waals surface area contributed by atoms with Crippen LogP contribution >= 0.6 is 22.9 Å². The largest absolute Gasteiger partial charge is 0.461 e. The molecule has 2 atom stereocenters. The minimum absolute atomic E-state index is 0.0373. The number of sulfonamides is 1. The molecule has 210 valence electrons. The van der Waals surface area contributed by atoms with E-state index < -0.39 is 39.9 Å². The third kappa shape index (κ3) is 7.89. The summed E-state index contributed by atoms with van der Waals surface area (Å²) >= 11 is 7.20. The van der Waals surface area contributed by atoms with Crippen molar-refractivity contribution in [3.05, 3.63) is 62.6 Å². The van der Waals surface area contributed by atoms with Gasteiger partial charge in [-0.2, -0.15) is 4.72 Å². The van der Waals surface area contributed by atoms with Crippen molar-refractivity contribution < 1.29 is 32.3 Å². The zero-order chi connectivity index (χ0) is 28.0. The first kappa shape index (κ1) is 29.2. The number of thiophene rings is 1. The number of nitrogens with zero attached hydrogens (tertiary/aromatic N) is 2. The number of rotatable bonds is 10. The molecule has 10 nitrogen and oxygen atoms in total. The van der Waals surface area contributed by atoms with Crippen LogP contribution in [0.25, 0.3) is 5.57 Å². The van der Waals surface area contributed by atoms with Gasteiger partial charge in [0.25, 0.3) is 0 Å². The summed E-state index contributed by atoms with van der Waals surface area (Å²) < 4.78 is 39.3. The summed E-state index contributed by atoms with van der Waals surface area (Å²) in [7, 11) is -3.99. The Balaban J connectivity index is 1.46. The molecule has 2 saturated heterocycles. The molecular formula is C26H30ClN3O7S2. The number of hydrogen-bond donors (Lipinski definition) is 1. The predicted octanol–water partition coefficient (Wildman–Crippen LogP) is 2.64. The molecule has 0 aliphatic carbocycles. The van der Waals surface area contributed by atoms with Crippen molar-refractivity contribution in [2.24, 2.45) is 0 Å². The van der Waals surface area contributed by atoms with Crippen molar-refractivity contribution in [3.63, 3.8) is 0 Å². The van der Waals surface area contributed by atoms with E-state index in [0.717, 1.165) is 11.0 Å². The molecule has 0 bridgehead atoms. The second-order valence-electron chi connectivity index (χ2n) is 9.24. The van der Waals surface area contributed by atoms with E-state index >= 15 is 0 Å². The van der Waals surface area contributed by atoms with Gasteiger partial charge >= 0.3 is 5.97 Å². The first-order valence-corrected chi connectivity index (χ1v) is 15.2. The van der Waals surface area contributed by atoms with Crippen molar-refractivity contribution in [1.29, 1.82) is 0 Å². The first-order chi connectivity index (χ1) is 18.6. The average molecular weight is 596 g/mol. The van der Waals surface area contributed by atoms with Crippen LogP contribution in [0.4, 0.5) is 0 Å². The van der Waals surface area contributed by atoms with Gasteiger partial charge in [0.2, 0.25) is 21.8 Å². The van der Waals surface area contributed by atoms with E-state index in [1.807, 2.05) is 30.3 Å². The van der Waals surface area contributed by atoms with E-state index in [1.165, 1.54) is 16.2 Å². The molecule has 1 aromatic heterocycles. The molecule has 39 heavy (non-hydrogen) atoms. The van der Waals surface area contributed by atoms with Crippen LogP contribution in [0.15, 0.2) is 47.9 Å². The number of morpholine rings is 1. The fourth-order valence-electron chi connectivity index (χ4n) is 4.45. The van der Waals surface area contributed by atoms with E-state index in [2.05, 4.69) is 4.72 Å². The molecule has 0 radical (unpaired) electrons. The van der Waals surface area contributed by atoms with Gasteiger partial charge in [-0.1, -0.05) is 41.9 Å². The molecule has 13 heteroatoms. The highest BCUT2D eigenvalue weighted by atomic mass is 35.5. The monoisotopic (exact) mass is 595 g/mol. The Kier molecular flexibility index (Phi) is 9.78. The maximum absolute atomic E-state index is 13.4. The van der Waals surface area contributed by atoms with Crippen LogP contribution in [0.5, 0.6) is 0 Å². The highest BCUT2D eigenvalue weighted by Gasteiger charge is 2.42. The lowest BCUT2D eigenvalue weighted by molar-refractivity contribution is -0.154. The maximum Gasteiger partial charge on any atom is 0.308 e. The lowest BCUT2D eigenvalue weighted by Gasteiger charge is -2.34. The maximum atomic E-state index is 13.4. The predicted molar refractivity (Wildman–Crippen MR) is 147 cm³/mol. The second-order valence-corrected chi connectivity index (χ2v) is 12.5. The van der Waals surface area contributed by atoms with Crippen molar-refractivity contribution in [2.45, 2.75) is 38.5 Å². The topological polar surface area (TPSA) is 122 Å². The fraction of sp³-hybridized carbons (Fsp3) is 0.423. The van der Waals surface area contributed by atoms with Gasteiger partial charge in [0.15, 0.2) is 0 Å². The summed E-state index contributed by atoms with van der Waals surface area (Å²) in [6.45, 7) is 3.18. The Morgan fingerprint density at radius 2 is 1.90 bits per heavy atom. The van der Waals surface area contributed by atoms with Crippen molar-refractivity contribution in [2.75, 3.05) is 32.8 Å². The summed E-state index contributed by atoms with van der Waals surface area (Å²) in [6, 6.07) is 10.3. The number of halogens is 1. The lowest BCUT2D eigenvalue weighted by Crippen LogP contribution is -2.54. The zero-order valence-electron chi connectivity index (χ0n) is 21.4. The average Bonchev–Trinajstić information content (AvgIpc) is 3.51. The highest BCUT2D eigenvalue weighted by molar-refractivity contribution is 7.92. The Morgan fingerprint density at radius 3 is 2.56 bits per heavy atom. The molecule has 0 unspecified atom stereocenters. The molecule has 0 spiro atoms. The van der Waals surface area contributed by atoms with Crippen molar-refractivity contribution in [3.8, 4) is 0 Å². The van der Waals surface area contributed by atoms with Crippen LogP contribution in [0.3, 0.4) is 0 Å². The Morgan fingerprint density at radius 1 is 1.18 bits per heavy atom. The SMILES string of the molecule is C/C(=C\S(=O)(=O)N[C@H]1CCN([C@@H](CC(=O)OCc2ccccc2)C(=O)N2CCOCC2)C1=O)c1ccc(Cl)s1. The minimum Gasteiger partial charge on any atom is -0.461 e. The molecule has 2 amide bonds. The molecule has 3 heterocycles. The van der Waals surface area contributed by atoms with Gasteiger partial charge in [0, 0.05) is 24.5 Å². The van der Waals surface area contributed by atoms with E-state index in [-0.39, 0.29) is 26.0 Å². The molecular weight excluding hydrogens is 566 g/mol. The van der Waals surface area contributed by atoms with Crippen LogP contribution in [0.2, 0.25) is 4.34 Å². The first-order valence-electron chi connectivity index (χ1n) is 12.5. The molecule has 1 aromatic carbocycles.